The van der Waals surface area contributed by atoms with Gasteiger partial charge in [0.05, 0.1) is 11.4 Å². The Morgan fingerprint density at radius 2 is 1.65 bits per heavy atom. The second-order valence-electron chi connectivity index (χ2n) is 6.38. The standard InChI is InChI=1S/C19H20N2O2/c1-13-8-9-15(20-17(22)14-6-4-3-5-7-14)16(12-13)21-18(23)19(2)10-11-19/h3-9,12H,10-11H2,1-2H3,(H,20,22)(H,21,23). The summed E-state index contributed by atoms with van der Waals surface area (Å²) in [6, 6.07) is 14.6. The van der Waals surface area contributed by atoms with Crippen molar-refractivity contribution in [1.29, 1.82) is 0 Å². The number of anilines is 2. The van der Waals surface area contributed by atoms with E-state index in [0.29, 0.717) is 16.9 Å². The number of nitrogens with one attached hydrogen (secondary N) is 2. The average molecular weight is 308 g/mol. The summed E-state index contributed by atoms with van der Waals surface area (Å²) in [5.41, 5.74) is 2.61. The number of rotatable bonds is 4. The highest BCUT2D eigenvalue weighted by atomic mass is 16.2. The van der Waals surface area contributed by atoms with Crippen LogP contribution in [0, 0.1) is 12.3 Å². The Morgan fingerprint density at radius 3 is 2.30 bits per heavy atom. The molecular formula is C19H20N2O2. The minimum atomic E-state index is -0.259. The molecule has 4 nitrogen and oxygen atoms in total. The van der Waals surface area contributed by atoms with Gasteiger partial charge in [-0.05, 0) is 49.6 Å². The molecule has 2 N–H and O–H groups in total. The fourth-order valence-electron chi connectivity index (χ4n) is 2.34. The van der Waals surface area contributed by atoms with E-state index < -0.39 is 0 Å². The summed E-state index contributed by atoms with van der Waals surface area (Å²) in [5, 5.41) is 5.83. The lowest BCUT2D eigenvalue weighted by Gasteiger charge is -2.15. The molecule has 0 spiro atoms. The summed E-state index contributed by atoms with van der Waals surface area (Å²) >= 11 is 0. The van der Waals surface area contributed by atoms with E-state index in [2.05, 4.69) is 10.6 Å². The van der Waals surface area contributed by atoms with Gasteiger partial charge in [-0.2, -0.15) is 0 Å². The van der Waals surface area contributed by atoms with Crippen molar-refractivity contribution in [3.63, 3.8) is 0 Å². The fourth-order valence-corrected chi connectivity index (χ4v) is 2.34. The van der Waals surface area contributed by atoms with Crippen molar-refractivity contribution in [2.45, 2.75) is 26.7 Å². The van der Waals surface area contributed by atoms with Crippen molar-refractivity contribution >= 4 is 23.2 Å². The average Bonchev–Trinajstić information content (AvgIpc) is 3.30. The van der Waals surface area contributed by atoms with Gasteiger partial charge in [-0.1, -0.05) is 31.2 Å². The number of carbonyl (C=O) groups is 2. The monoisotopic (exact) mass is 308 g/mol. The molecule has 0 heterocycles. The zero-order valence-electron chi connectivity index (χ0n) is 13.3. The number of amides is 2. The summed E-state index contributed by atoms with van der Waals surface area (Å²) < 4.78 is 0. The number of carbonyl (C=O) groups excluding carboxylic acids is 2. The molecule has 2 aromatic carbocycles. The molecule has 4 heteroatoms. The molecule has 1 aliphatic rings. The van der Waals surface area contributed by atoms with E-state index in [0.717, 1.165) is 18.4 Å². The SMILES string of the molecule is Cc1ccc(NC(=O)c2ccccc2)c(NC(=O)C2(C)CC2)c1. The van der Waals surface area contributed by atoms with Crippen LogP contribution in [-0.4, -0.2) is 11.8 Å². The van der Waals surface area contributed by atoms with Gasteiger partial charge in [0.25, 0.3) is 5.91 Å². The van der Waals surface area contributed by atoms with Crippen LogP contribution in [0.25, 0.3) is 0 Å². The van der Waals surface area contributed by atoms with E-state index in [-0.39, 0.29) is 17.2 Å². The Labute approximate surface area is 135 Å². The molecule has 0 unspecified atom stereocenters. The number of aryl methyl sites for hydroxylation is 1. The zero-order valence-corrected chi connectivity index (χ0v) is 13.3. The predicted molar refractivity (Wildman–Crippen MR) is 91.5 cm³/mol. The highest BCUT2D eigenvalue weighted by molar-refractivity contribution is 6.08. The van der Waals surface area contributed by atoms with E-state index in [1.807, 2.05) is 50.2 Å². The molecule has 118 valence electrons. The van der Waals surface area contributed by atoms with Crippen molar-refractivity contribution in [1.82, 2.24) is 0 Å². The summed E-state index contributed by atoms with van der Waals surface area (Å²) in [4.78, 5) is 24.6. The maximum absolute atomic E-state index is 12.3. The number of hydrogen-bond acceptors (Lipinski definition) is 2. The van der Waals surface area contributed by atoms with Crippen LogP contribution in [0.2, 0.25) is 0 Å². The molecular weight excluding hydrogens is 288 g/mol. The molecule has 0 atom stereocenters. The third kappa shape index (κ3) is 3.42. The quantitative estimate of drug-likeness (QED) is 0.897. The number of benzene rings is 2. The first-order valence-electron chi connectivity index (χ1n) is 7.76. The van der Waals surface area contributed by atoms with E-state index in [4.69, 9.17) is 0 Å². The van der Waals surface area contributed by atoms with Gasteiger partial charge in [-0.25, -0.2) is 0 Å². The van der Waals surface area contributed by atoms with Gasteiger partial charge in [0.2, 0.25) is 5.91 Å². The molecule has 0 radical (unpaired) electrons. The fraction of sp³-hybridized carbons (Fsp3) is 0.263. The third-order valence-electron chi connectivity index (χ3n) is 4.26. The Kier molecular flexibility index (Phi) is 3.90. The van der Waals surface area contributed by atoms with E-state index >= 15 is 0 Å². The molecule has 1 fully saturated rings. The maximum atomic E-state index is 12.3. The molecule has 23 heavy (non-hydrogen) atoms. The molecule has 1 aliphatic carbocycles. The summed E-state index contributed by atoms with van der Waals surface area (Å²) in [6.07, 6.45) is 1.83. The van der Waals surface area contributed by atoms with Gasteiger partial charge in [0.1, 0.15) is 0 Å². The Morgan fingerprint density at radius 1 is 0.957 bits per heavy atom. The summed E-state index contributed by atoms with van der Waals surface area (Å²) in [6.45, 7) is 3.91. The third-order valence-corrected chi connectivity index (χ3v) is 4.26. The minimum Gasteiger partial charge on any atom is -0.324 e. The molecule has 3 rings (SSSR count). The first-order valence-corrected chi connectivity index (χ1v) is 7.76. The highest BCUT2D eigenvalue weighted by Gasteiger charge is 2.45. The molecule has 0 saturated heterocycles. The number of hydrogen-bond donors (Lipinski definition) is 2. The Bertz CT molecular complexity index is 749. The largest absolute Gasteiger partial charge is 0.324 e. The topological polar surface area (TPSA) is 58.2 Å². The van der Waals surface area contributed by atoms with Crippen LogP contribution >= 0.6 is 0 Å². The van der Waals surface area contributed by atoms with Crippen molar-refractivity contribution < 1.29 is 9.59 Å². The van der Waals surface area contributed by atoms with Gasteiger partial charge < -0.3 is 10.6 Å². The van der Waals surface area contributed by atoms with Crippen LogP contribution in [0.1, 0.15) is 35.7 Å². The molecule has 2 aromatic rings. The van der Waals surface area contributed by atoms with E-state index in [1.54, 1.807) is 12.1 Å². The maximum Gasteiger partial charge on any atom is 0.255 e. The summed E-state index contributed by atoms with van der Waals surface area (Å²) in [7, 11) is 0. The van der Waals surface area contributed by atoms with E-state index in [1.165, 1.54) is 0 Å². The second-order valence-corrected chi connectivity index (χ2v) is 6.38. The lowest BCUT2D eigenvalue weighted by Crippen LogP contribution is -2.23. The van der Waals surface area contributed by atoms with Crippen molar-refractivity contribution in [2.75, 3.05) is 10.6 Å². The van der Waals surface area contributed by atoms with Crippen LogP contribution in [0.4, 0.5) is 11.4 Å². The highest BCUT2D eigenvalue weighted by Crippen LogP contribution is 2.46. The van der Waals surface area contributed by atoms with Crippen molar-refractivity contribution in [3.8, 4) is 0 Å². The van der Waals surface area contributed by atoms with E-state index in [9.17, 15) is 9.59 Å². The minimum absolute atomic E-state index is 0.0123. The lowest BCUT2D eigenvalue weighted by molar-refractivity contribution is -0.120. The van der Waals surface area contributed by atoms with Crippen LogP contribution < -0.4 is 10.6 Å². The van der Waals surface area contributed by atoms with Gasteiger partial charge in [-0.15, -0.1) is 0 Å². The Hall–Kier alpha value is -2.62. The first-order chi connectivity index (χ1) is 11.0. The molecule has 1 saturated carbocycles. The van der Waals surface area contributed by atoms with Crippen molar-refractivity contribution in [2.24, 2.45) is 5.41 Å². The van der Waals surface area contributed by atoms with Crippen LogP contribution in [0.3, 0.4) is 0 Å². The van der Waals surface area contributed by atoms with Crippen LogP contribution in [0.15, 0.2) is 48.5 Å². The summed E-state index contributed by atoms with van der Waals surface area (Å²) in [5.74, 6) is -0.180. The van der Waals surface area contributed by atoms with Crippen LogP contribution in [-0.2, 0) is 4.79 Å². The smallest absolute Gasteiger partial charge is 0.255 e. The molecule has 0 aliphatic heterocycles. The predicted octanol–water partition coefficient (Wildman–Crippen LogP) is 3.99. The Balaban J connectivity index is 1.81. The van der Waals surface area contributed by atoms with Gasteiger partial charge in [0, 0.05) is 11.0 Å². The first kappa shape index (κ1) is 15.3. The normalized spacial score (nSPS) is 14.9. The molecule has 0 bridgehead atoms. The second kappa shape index (κ2) is 5.88. The van der Waals surface area contributed by atoms with Gasteiger partial charge >= 0.3 is 0 Å². The van der Waals surface area contributed by atoms with Crippen LogP contribution in [0.5, 0.6) is 0 Å². The molecule has 2 amide bonds. The molecule has 0 aromatic heterocycles. The van der Waals surface area contributed by atoms with Crippen molar-refractivity contribution in [3.05, 3.63) is 59.7 Å². The van der Waals surface area contributed by atoms with Gasteiger partial charge in [0.15, 0.2) is 0 Å². The lowest BCUT2D eigenvalue weighted by atomic mass is 10.1. The zero-order chi connectivity index (χ0) is 16.4. The van der Waals surface area contributed by atoms with Gasteiger partial charge in [-0.3, -0.25) is 9.59 Å².